The van der Waals surface area contributed by atoms with Gasteiger partial charge in [0.2, 0.25) is 0 Å². The fraction of sp³-hybridized carbons (Fsp3) is 0.593. The monoisotopic (exact) mass is 529 g/mol. The third-order valence-corrected chi connectivity index (χ3v) is 7.80. The van der Waals surface area contributed by atoms with Crippen LogP contribution < -0.4 is 16.0 Å². The number of nitrogen functional groups attached to an aromatic ring is 1. The maximum atomic E-state index is 12.4. The first-order chi connectivity index (χ1) is 17.9. The van der Waals surface area contributed by atoms with Gasteiger partial charge in [-0.1, -0.05) is 48.4 Å². The number of piperazine rings is 1. The van der Waals surface area contributed by atoms with Crippen molar-refractivity contribution in [1.82, 2.24) is 25.1 Å². The number of nitrogens with one attached hydrogen (secondary N) is 1. The highest BCUT2D eigenvalue weighted by Crippen LogP contribution is 2.30. The van der Waals surface area contributed by atoms with E-state index in [1.54, 1.807) is 0 Å². The molecule has 202 valence electrons. The van der Waals surface area contributed by atoms with Crippen LogP contribution in [0, 0.1) is 6.92 Å². The Morgan fingerprint density at radius 3 is 2.57 bits per heavy atom. The van der Waals surface area contributed by atoms with Crippen molar-refractivity contribution in [3.63, 3.8) is 0 Å². The summed E-state index contributed by atoms with van der Waals surface area (Å²) >= 11 is 6.50. The predicted octanol–water partition coefficient (Wildman–Crippen LogP) is 2.70. The molecule has 4 N–H and O–H groups in total. The maximum Gasteiger partial charge on any atom is 0.273 e. The van der Waals surface area contributed by atoms with Crippen LogP contribution in [-0.4, -0.2) is 88.7 Å². The molecule has 1 aromatic heterocycles. The second-order valence-electron chi connectivity index (χ2n) is 10.1. The first kappa shape index (κ1) is 27.6. The van der Waals surface area contributed by atoms with E-state index in [9.17, 15) is 4.79 Å². The van der Waals surface area contributed by atoms with Crippen molar-refractivity contribution in [2.24, 2.45) is 0 Å². The van der Waals surface area contributed by atoms with Gasteiger partial charge in [0.15, 0.2) is 22.5 Å². The van der Waals surface area contributed by atoms with Gasteiger partial charge in [-0.15, -0.1) is 0 Å². The zero-order valence-electron chi connectivity index (χ0n) is 22.0. The number of aromatic nitrogens is 2. The zero-order valence-corrected chi connectivity index (χ0v) is 22.8. The van der Waals surface area contributed by atoms with Gasteiger partial charge < -0.3 is 21.1 Å². The molecular weight excluding hydrogens is 490 g/mol. The molecule has 0 radical (unpaired) electrons. The van der Waals surface area contributed by atoms with Gasteiger partial charge >= 0.3 is 0 Å². The summed E-state index contributed by atoms with van der Waals surface area (Å²) in [7, 11) is 0. The number of rotatable bonds is 9. The molecule has 0 bridgehead atoms. The molecule has 2 saturated heterocycles. The van der Waals surface area contributed by atoms with Crippen molar-refractivity contribution in [2.75, 3.05) is 56.5 Å². The van der Waals surface area contributed by atoms with E-state index in [0.717, 1.165) is 45.7 Å². The molecular formula is C27H40ClN7O2. The Bertz CT molecular complexity index is 1040. The first-order valence-corrected chi connectivity index (χ1v) is 13.8. The molecule has 0 unspecified atom stereocenters. The highest BCUT2D eigenvalue weighted by atomic mass is 35.5. The standard InChI is InChI=1S/C27H40ClN7O2/c1-3-21-18-34(26-24(28)31-23(25(29)32-26)27(37)30-11-4-16-36)14-15-35(21)22-9-12-33(13-10-22)17-20-7-5-19(2)6-8-20/h5-8,21-22,36H,3-4,9-18H2,1-2H3,(H2,29,32)(H,30,37)/t21-/m0/s1. The molecule has 9 nitrogen and oxygen atoms in total. The van der Waals surface area contributed by atoms with Crippen molar-refractivity contribution in [3.05, 3.63) is 46.2 Å². The fourth-order valence-corrected chi connectivity index (χ4v) is 5.66. The van der Waals surface area contributed by atoms with Crippen LogP contribution in [0.3, 0.4) is 0 Å². The van der Waals surface area contributed by atoms with Crippen LogP contribution >= 0.6 is 11.6 Å². The third kappa shape index (κ3) is 6.90. The number of aliphatic hydroxyl groups is 1. The van der Waals surface area contributed by atoms with E-state index < -0.39 is 5.91 Å². The average Bonchev–Trinajstić information content (AvgIpc) is 2.91. The normalized spacial score (nSPS) is 19.8. The third-order valence-electron chi connectivity index (χ3n) is 7.55. The Labute approximate surface area is 225 Å². The van der Waals surface area contributed by atoms with Crippen LogP contribution in [0.1, 0.15) is 54.2 Å². The summed E-state index contributed by atoms with van der Waals surface area (Å²) in [6, 6.07) is 9.84. The smallest absolute Gasteiger partial charge is 0.273 e. The van der Waals surface area contributed by atoms with Gasteiger partial charge in [0.05, 0.1) is 0 Å². The number of anilines is 2. The van der Waals surface area contributed by atoms with E-state index in [-0.39, 0.29) is 23.3 Å². The number of hydrogen-bond donors (Lipinski definition) is 3. The Morgan fingerprint density at radius 1 is 1.16 bits per heavy atom. The summed E-state index contributed by atoms with van der Waals surface area (Å²) in [5.41, 5.74) is 8.82. The summed E-state index contributed by atoms with van der Waals surface area (Å²) in [5.74, 6) is 0.172. The number of benzene rings is 1. The van der Waals surface area contributed by atoms with E-state index in [2.05, 4.69) is 68.1 Å². The molecule has 3 heterocycles. The Morgan fingerprint density at radius 2 is 1.89 bits per heavy atom. The minimum atomic E-state index is -0.433. The molecule has 2 fully saturated rings. The van der Waals surface area contributed by atoms with Gasteiger partial charge in [0, 0.05) is 51.4 Å². The van der Waals surface area contributed by atoms with Crippen LogP contribution in [0.4, 0.5) is 11.6 Å². The Balaban J connectivity index is 1.34. The quantitative estimate of drug-likeness (QED) is 0.425. The summed E-state index contributed by atoms with van der Waals surface area (Å²) in [6.07, 6.45) is 3.84. The number of likely N-dealkylation sites (tertiary alicyclic amines) is 1. The molecule has 0 spiro atoms. The summed E-state index contributed by atoms with van der Waals surface area (Å²) in [5, 5.41) is 11.8. The van der Waals surface area contributed by atoms with Crippen LogP contribution in [0.15, 0.2) is 24.3 Å². The lowest BCUT2D eigenvalue weighted by molar-refractivity contribution is 0.0610. The second kappa shape index (κ2) is 12.9. The van der Waals surface area contributed by atoms with Gasteiger partial charge in [-0.05, 0) is 51.3 Å². The van der Waals surface area contributed by atoms with E-state index in [4.69, 9.17) is 22.4 Å². The SMILES string of the molecule is CC[C@H]1CN(c2nc(N)c(C(=O)NCCCO)nc2Cl)CCN1C1CCN(Cc2ccc(C)cc2)CC1. The van der Waals surface area contributed by atoms with Crippen LogP contribution in [0.2, 0.25) is 5.15 Å². The molecule has 1 aromatic carbocycles. The van der Waals surface area contributed by atoms with Crippen LogP contribution in [0.25, 0.3) is 0 Å². The van der Waals surface area contributed by atoms with Gasteiger partial charge in [-0.25, -0.2) is 9.97 Å². The average molecular weight is 530 g/mol. The minimum Gasteiger partial charge on any atom is -0.396 e. The first-order valence-electron chi connectivity index (χ1n) is 13.4. The van der Waals surface area contributed by atoms with Crippen molar-refractivity contribution < 1.29 is 9.90 Å². The minimum absolute atomic E-state index is 0.00174. The molecule has 10 heteroatoms. The maximum absolute atomic E-state index is 12.4. The van der Waals surface area contributed by atoms with Crippen molar-refractivity contribution in [2.45, 2.75) is 58.2 Å². The number of piperidine rings is 1. The summed E-state index contributed by atoms with van der Waals surface area (Å²) < 4.78 is 0. The number of nitrogens with two attached hydrogens (primary N) is 1. The number of hydrogen-bond acceptors (Lipinski definition) is 8. The summed E-state index contributed by atoms with van der Waals surface area (Å²) in [6.45, 7) is 10.5. The lowest BCUT2D eigenvalue weighted by Gasteiger charge is -2.47. The highest BCUT2D eigenvalue weighted by Gasteiger charge is 2.34. The zero-order chi connectivity index (χ0) is 26.4. The van der Waals surface area contributed by atoms with E-state index in [1.165, 1.54) is 24.0 Å². The number of aryl methyl sites for hydroxylation is 1. The number of amides is 1. The Hall–Kier alpha value is -2.46. The van der Waals surface area contributed by atoms with Crippen molar-refractivity contribution in [1.29, 1.82) is 0 Å². The van der Waals surface area contributed by atoms with Crippen LogP contribution in [0.5, 0.6) is 0 Å². The van der Waals surface area contributed by atoms with Crippen molar-refractivity contribution in [3.8, 4) is 0 Å². The molecule has 2 aliphatic rings. The van der Waals surface area contributed by atoms with E-state index in [1.807, 2.05) is 0 Å². The molecule has 2 aromatic rings. The lowest BCUT2D eigenvalue weighted by atomic mass is 9.98. The summed E-state index contributed by atoms with van der Waals surface area (Å²) in [4.78, 5) is 28.5. The number of halogens is 1. The van der Waals surface area contributed by atoms with Gasteiger partial charge in [-0.2, -0.15) is 0 Å². The number of carbonyl (C=O) groups is 1. The lowest BCUT2D eigenvalue weighted by Crippen LogP contribution is -2.58. The molecule has 1 amide bonds. The number of nitrogens with zero attached hydrogens (tertiary/aromatic N) is 5. The van der Waals surface area contributed by atoms with Crippen LogP contribution in [-0.2, 0) is 6.54 Å². The topological polar surface area (TPSA) is 111 Å². The second-order valence-corrected chi connectivity index (χ2v) is 10.5. The molecule has 2 aliphatic heterocycles. The number of aliphatic hydroxyl groups excluding tert-OH is 1. The fourth-order valence-electron chi connectivity index (χ4n) is 5.42. The van der Waals surface area contributed by atoms with Gasteiger partial charge in [-0.3, -0.25) is 14.6 Å². The van der Waals surface area contributed by atoms with Crippen molar-refractivity contribution >= 4 is 29.1 Å². The molecule has 1 atom stereocenters. The van der Waals surface area contributed by atoms with Gasteiger partial charge in [0.25, 0.3) is 5.91 Å². The Kier molecular flexibility index (Phi) is 9.59. The molecule has 0 saturated carbocycles. The van der Waals surface area contributed by atoms with E-state index >= 15 is 0 Å². The molecule has 37 heavy (non-hydrogen) atoms. The largest absolute Gasteiger partial charge is 0.396 e. The number of carbonyl (C=O) groups excluding carboxylic acids is 1. The molecule has 4 rings (SSSR count). The van der Waals surface area contributed by atoms with E-state index in [0.29, 0.717) is 30.9 Å². The highest BCUT2D eigenvalue weighted by molar-refractivity contribution is 6.32. The predicted molar refractivity (Wildman–Crippen MR) is 148 cm³/mol. The van der Waals surface area contributed by atoms with Gasteiger partial charge in [0.1, 0.15) is 0 Å². The molecule has 0 aliphatic carbocycles.